The fourth-order valence-electron chi connectivity index (χ4n) is 1.34. The molecule has 0 saturated carbocycles. The zero-order valence-electron chi connectivity index (χ0n) is 7.94. The van der Waals surface area contributed by atoms with E-state index in [9.17, 15) is 0 Å². The molecule has 0 atom stereocenters. The first-order valence-electron chi connectivity index (χ1n) is 4.58. The van der Waals surface area contributed by atoms with Gasteiger partial charge in [-0.3, -0.25) is 0 Å². The molecule has 0 saturated heterocycles. The van der Waals surface area contributed by atoms with Crippen molar-refractivity contribution in [1.29, 1.82) is 0 Å². The summed E-state index contributed by atoms with van der Waals surface area (Å²) in [5.41, 5.74) is 1.92. The number of aromatic nitrogens is 2. The van der Waals surface area contributed by atoms with Crippen LogP contribution in [-0.2, 0) is 6.54 Å². The fraction of sp³-hybridized carbons (Fsp3) is 0.182. The lowest BCUT2D eigenvalue weighted by molar-refractivity contribution is 0.762. The number of benzene rings is 1. The van der Waals surface area contributed by atoms with Gasteiger partial charge in [0.25, 0.3) is 0 Å². The quantitative estimate of drug-likeness (QED) is 0.738. The molecule has 2 rings (SSSR count). The summed E-state index contributed by atoms with van der Waals surface area (Å²) in [6.07, 6.45) is 3.82. The topological polar surface area (TPSA) is 17.8 Å². The Kier molecular flexibility index (Phi) is 2.55. The van der Waals surface area contributed by atoms with Crippen molar-refractivity contribution in [2.24, 2.45) is 0 Å². The van der Waals surface area contributed by atoms with Crippen molar-refractivity contribution >= 4 is 11.6 Å². The van der Waals surface area contributed by atoms with Crippen LogP contribution >= 0.6 is 11.6 Å². The summed E-state index contributed by atoms with van der Waals surface area (Å²) < 4.78 is 2.03. The van der Waals surface area contributed by atoms with Crippen molar-refractivity contribution in [2.45, 2.75) is 13.5 Å². The number of rotatable bonds is 2. The van der Waals surface area contributed by atoms with E-state index in [-0.39, 0.29) is 0 Å². The highest BCUT2D eigenvalue weighted by molar-refractivity contribution is 6.33. The maximum Gasteiger partial charge on any atom is 0.0953 e. The third kappa shape index (κ3) is 1.66. The highest BCUT2D eigenvalue weighted by Gasteiger charge is 2.04. The SMILES string of the molecule is CCn1cnc(-c2ccccc2Cl)c1. The zero-order chi connectivity index (χ0) is 9.97. The summed E-state index contributed by atoms with van der Waals surface area (Å²) in [7, 11) is 0. The predicted molar refractivity (Wildman–Crippen MR) is 58.3 cm³/mol. The Balaban J connectivity index is 2.44. The Hall–Kier alpha value is -1.28. The van der Waals surface area contributed by atoms with Gasteiger partial charge in [0.15, 0.2) is 0 Å². The molecule has 1 heterocycles. The summed E-state index contributed by atoms with van der Waals surface area (Å²) >= 11 is 6.06. The van der Waals surface area contributed by atoms with Crippen LogP contribution in [0.4, 0.5) is 0 Å². The average molecular weight is 207 g/mol. The summed E-state index contributed by atoms with van der Waals surface area (Å²) in [6, 6.07) is 7.74. The number of nitrogens with zero attached hydrogens (tertiary/aromatic N) is 2. The van der Waals surface area contributed by atoms with Gasteiger partial charge >= 0.3 is 0 Å². The van der Waals surface area contributed by atoms with Gasteiger partial charge in [-0.25, -0.2) is 4.98 Å². The summed E-state index contributed by atoms with van der Waals surface area (Å²) in [5.74, 6) is 0. The van der Waals surface area contributed by atoms with Crippen molar-refractivity contribution in [3.8, 4) is 11.3 Å². The first-order chi connectivity index (χ1) is 6.81. The molecule has 0 N–H and O–H groups in total. The normalized spacial score (nSPS) is 10.4. The maximum atomic E-state index is 6.06. The van der Waals surface area contributed by atoms with Gasteiger partial charge < -0.3 is 4.57 Å². The molecule has 0 spiro atoms. The van der Waals surface area contributed by atoms with Crippen LogP contribution in [0.15, 0.2) is 36.8 Å². The van der Waals surface area contributed by atoms with Crippen molar-refractivity contribution in [2.75, 3.05) is 0 Å². The molecule has 1 aromatic carbocycles. The van der Waals surface area contributed by atoms with Gasteiger partial charge in [0.05, 0.1) is 17.0 Å². The van der Waals surface area contributed by atoms with Gasteiger partial charge in [-0.2, -0.15) is 0 Å². The molecule has 3 heteroatoms. The lowest BCUT2D eigenvalue weighted by Gasteiger charge is -1.98. The zero-order valence-corrected chi connectivity index (χ0v) is 8.70. The van der Waals surface area contributed by atoms with Crippen LogP contribution < -0.4 is 0 Å². The average Bonchev–Trinajstić information content (AvgIpc) is 2.67. The third-order valence-corrected chi connectivity index (χ3v) is 2.48. The minimum atomic E-state index is 0.744. The molecule has 0 aliphatic heterocycles. The largest absolute Gasteiger partial charge is 0.337 e. The predicted octanol–water partition coefficient (Wildman–Crippen LogP) is 3.22. The molecule has 0 bridgehead atoms. The third-order valence-electron chi connectivity index (χ3n) is 2.15. The number of hydrogen-bond donors (Lipinski definition) is 0. The van der Waals surface area contributed by atoms with Crippen LogP contribution in [0.1, 0.15) is 6.92 Å². The molecular formula is C11H11ClN2. The van der Waals surface area contributed by atoms with Crippen molar-refractivity contribution in [3.63, 3.8) is 0 Å². The van der Waals surface area contributed by atoms with E-state index in [0.29, 0.717) is 0 Å². The fourth-order valence-corrected chi connectivity index (χ4v) is 1.57. The first-order valence-corrected chi connectivity index (χ1v) is 4.95. The van der Waals surface area contributed by atoms with Gasteiger partial charge in [0.1, 0.15) is 0 Å². The van der Waals surface area contributed by atoms with E-state index >= 15 is 0 Å². The van der Waals surface area contributed by atoms with E-state index in [2.05, 4.69) is 11.9 Å². The smallest absolute Gasteiger partial charge is 0.0953 e. The second-order valence-corrected chi connectivity index (χ2v) is 3.48. The van der Waals surface area contributed by atoms with E-state index in [0.717, 1.165) is 22.8 Å². The van der Waals surface area contributed by atoms with Crippen molar-refractivity contribution in [3.05, 3.63) is 41.8 Å². The number of hydrogen-bond acceptors (Lipinski definition) is 1. The van der Waals surface area contributed by atoms with Gasteiger partial charge in [-0.1, -0.05) is 29.8 Å². The highest BCUT2D eigenvalue weighted by atomic mass is 35.5. The molecule has 14 heavy (non-hydrogen) atoms. The minimum absolute atomic E-state index is 0.744. The van der Waals surface area contributed by atoms with Crippen LogP contribution in [0, 0.1) is 0 Å². The Morgan fingerprint density at radius 3 is 2.79 bits per heavy atom. The summed E-state index contributed by atoms with van der Waals surface area (Å²) in [6.45, 7) is 3.01. The molecular weight excluding hydrogens is 196 g/mol. The number of halogens is 1. The molecule has 72 valence electrons. The Morgan fingerprint density at radius 1 is 1.36 bits per heavy atom. The van der Waals surface area contributed by atoms with Crippen LogP contribution in [0.2, 0.25) is 5.02 Å². The maximum absolute atomic E-state index is 6.06. The van der Waals surface area contributed by atoms with Crippen molar-refractivity contribution in [1.82, 2.24) is 9.55 Å². The summed E-state index contributed by atoms with van der Waals surface area (Å²) in [5, 5.41) is 0.744. The van der Waals surface area contributed by atoms with E-state index in [1.807, 2.05) is 41.4 Å². The second-order valence-electron chi connectivity index (χ2n) is 3.07. The standard InChI is InChI=1S/C11H11ClN2/c1-2-14-7-11(13-8-14)9-5-3-4-6-10(9)12/h3-8H,2H2,1H3. The van der Waals surface area contributed by atoms with E-state index in [1.54, 1.807) is 0 Å². The van der Waals surface area contributed by atoms with Gasteiger partial charge in [-0.15, -0.1) is 0 Å². The van der Waals surface area contributed by atoms with Gasteiger partial charge in [-0.05, 0) is 13.0 Å². The molecule has 1 aromatic heterocycles. The molecule has 0 amide bonds. The van der Waals surface area contributed by atoms with Crippen LogP contribution in [-0.4, -0.2) is 9.55 Å². The lowest BCUT2D eigenvalue weighted by Crippen LogP contribution is -1.86. The van der Waals surface area contributed by atoms with E-state index in [4.69, 9.17) is 11.6 Å². The van der Waals surface area contributed by atoms with Crippen LogP contribution in [0.5, 0.6) is 0 Å². The van der Waals surface area contributed by atoms with Crippen molar-refractivity contribution < 1.29 is 0 Å². The van der Waals surface area contributed by atoms with Gasteiger partial charge in [0.2, 0.25) is 0 Å². The second kappa shape index (κ2) is 3.84. The molecule has 0 aliphatic rings. The minimum Gasteiger partial charge on any atom is -0.337 e. The Bertz CT molecular complexity index is 434. The monoisotopic (exact) mass is 206 g/mol. The number of imidazole rings is 1. The molecule has 0 fully saturated rings. The molecule has 0 radical (unpaired) electrons. The number of aryl methyl sites for hydroxylation is 1. The lowest BCUT2D eigenvalue weighted by atomic mass is 10.2. The Morgan fingerprint density at radius 2 is 2.14 bits per heavy atom. The molecule has 0 aliphatic carbocycles. The van der Waals surface area contributed by atoms with E-state index in [1.165, 1.54) is 0 Å². The van der Waals surface area contributed by atoms with E-state index < -0.39 is 0 Å². The molecule has 0 unspecified atom stereocenters. The molecule has 2 nitrogen and oxygen atoms in total. The summed E-state index contributed by atoms with van der Waals surface area (Å²) in [4.78, 5) is 4.30. The van der Waals surface area contributed by atoms with Gasteiger partial charge in [0, 0.05) is 18.3 Å². The molecule has 2 aromatic rings. The van der Waals surface area contributed by atoms with Crippen LogP contribution in [0.3, 0.4) is 0 Å². The Labute approximate surface area is 88.2 Å². The highest BCUT2D eigenvalue weighted by Crippen LogP contribution is 2.25. The van der Waals surface area contributed by atoms with Crippen LogP contribution in [0.25, 0.3) is 11.3 Å². The first kappa shape index (κ1) is 9.28.